The lowest BCUT2D eigenvalue weighted by molar-refractivity contribution is 0.477. The summed E-state index contributed by atoms with van der Waals surface area (Å²) in [6.45, 7) is 0. The van der Waals surface area contributed by atoms with E-state index < -0.39 is 0 Å². The van der Waals surface area contributed by atoms with Crippen molar-refractivity contribution in [3.05, 3.63) is 96.6 Å². The maximum atomic E-state index is 10.9. The van der Waals surface area contributed by atoms with E-state index in [1.807, 2.05) is 84.9 Å². The molecule has 0 radical (unpaired) electrons. The summed E-state index contributed by atoms with van der Waals surface area (Å²) in [5.74, 6) is 0.254. The SMILES string of the molecule is Oc1c(C=Nc2ccccc2)cc2ccccc2c1-c1ccccc1. The van der Waals surface area contributed by atoms with E-state index in [1.165, 1.54) is 0 Å². The maximum Gasteiger partial charge on any atom is 0.132 e. The number of fused-ring (bicyclic) bond motifs is 1. The van der Waals surface area contributed by atoms with Crippen LogP contribution in [0.4, 0.5) is 5.69 Å². The minimum absolute atomic E-state index is 0.254. The van der Waals surface area contributed by atoms with Gasteiger partial charge in [0.25, 0.3) is 0 Å². The molecule has 2 heteroatoms. The Morgan fingerprint density at radius 3 is 2.12 bits per heavy atom. The minimum Gasteiger partial charge on any atom is -0.507 e. The van der Waals surface area contributed by atoms with Crippen LogP contribution in [0, 0.1) is 0 Å². The van der Waals surface area contributed by atoms with Crippen LogP contribution < -0.4 is 0 Å². The van der Waals surface area contributed by atoms with Crippen LogP contribution in [0.2, 0.25) is 0 Å². The zero-order valence-electron chi connectivity index (χ0n) is 13.6. The number of benzene rings is 4. The van der Waals surface area contributed by atoms with Crippen molar-refractivity contribution in [3.63, 3.8) is 0 Å². The van der Waals surface area contributed by atoms with Crippen LogP contribution in [-0.2, 0) is 0 Å². The molecular formula is C23H17NO. The monoisotopic (exact) mass is 323 g/mol. The molecule has 0 saturated heterocycles. The fourth-order valence-electron chi connectivity index (χ4n) is 3.01. The second kappa shape index (κ2) is 6.62. The van der Waals surface area contributed by atoms with Crippen LogP contribution >= 0.6 is 0 Å². The summed E-state index contributed by atoms with van der Waals surface area (Å²) in [4.78, 5) is 4.49. The highest BCUT2D eigenvalue weighted by molar-refractivity contribution is 6.05. The van der Waals surface area contributed by atoms with Gasteiger partial charge in [0.05, 0.1) is 5.69 Å². The molecule has 4 aromatic carbocycles. The Labute approximate surface area is 146 Å². The number of phenols is 1. The normalized spacial score (nSPS) is 11.2. The van der Waals surface area contributed by atoms with E-state index in [1.54, 1.807) is 6.21 Å². The van der Waals surface area contributed by atoms with Crippen molar-refractivity contribution in [2.24, 2.45) is 4.99 Å². The van der Waals surface area contributed by atoms with Gasteiger partial charge in [0.15, 0.2) is 0 Å². The van der Waals surface area contributed by atoms with Crippen LogP contribution in [-0.4, -0.2) is 11.3 Å². The van der Waals surface area contributed by atoms with Gasteiger partial charge in [-0.15, -0.1) is 0 Å². The van der Waals surface area contributed by atoms with E-state index >= 15 is 0 Å². The maximum absolute atomic E-state index is 10.9. The van der Waals surface area contributed by atoms with Crippen molar-refractivity contribution in [3.8, 4) is 16.9 Å². The van der Waals surface area contributed by atoms with Crippen LogP contribution in [0.1, 0.15) is 5.56 Å². The number of hydrogen-bond donors (Lipinski definition) is 1. The number of phenolic OH excluding ortho intramolecular Hbond substituents is 1. The number of para-hydroxylation sites is 1. The lowest BCUT2D eigenvalue weighted by atomic mass is 9.94. The smallest absolute Gasteiger partial charge is 0.132 e. The lowest BCUT2D eigenvalue weighted by Crippen LogP contribution is -1.89. The number of hydrogen-bond acceptors (Lipinski definition) is 2. The topological polar surface area (TPSA) is 32.6 Å². The summed E-state index contributed by atoms with van der Waals surface area (Å²) in [5.41, 5.74) is 3.40. The first-order chi connectivity index (χ1) is 12.3. The Hall–Kier alpha value is -3.39. The molecule has 0 unspecified atom stereocenters. The molecule has 0 spiro atoms. The molecule has 0 heterocycles. The molecule has 4 rings (SSSR count). The fourth-order valence-corrected chi connectivity index (χ4v) is 3.01. The van der Waals surface area contributed by atoms with Crippen LogP contribution in [0.15, 0.2) is 96.0 Å². The standard InChI is InChI=1S/C23H17NO/c25-23-19(16-24-20-12-5-2-6-13-20)15-18-11-7-8-14-21(18)22(23)17-9-3-1-4-10-17/h1-16,25H. The molecule has 2 nitrogen and oxygen atoms in total. The van der Waals surface area contributed by atoms with Crippen molar-refractivity contribution in [2.45, 2.75) is 0 Å². The van der Waals surface area contributed by atoms with Crippen molar-refractivity contribution < 1.29 is 5.11 Å². The fraction of sp³-hybridized carbons (Fsp3) is 0. The third-order valence-corrected chi connectivity index (χ3v) is 4.22. The Kier molecular flexibility index (Phi) is 4.01. The first-order valence-electron chi connectivity index (χ1n) is 8.22. The Morgan fingerprint density at radius 1 is 0.720 bits per heavy atom. The summed E-state index contributed by atoms with van der Waals surface area (Å²) in [5, 5.41) is 13.0. The van der Waals surface area contributed by atoms with E-state index in [2.05, 4.69) is 11.1 Å². The third-order valence-electron chi connectivity index (χ3n) is 4.22. The van der Waals surface area contributed by atoms with Crippen LogP contribution in [0.3, 0.4) is 0 Å². The highest BCUT2D eigenvalue weighted by Gasteiger charge is 2.13. The second-order valence-corrected chi connectivity index (χ2v) is 5.87. The Bertz CT molecular complexity index is 1040. The molecule has 1 N–H and O–H groups in total. The van der Waals surface area contributed by atoms with Gasteiger partial charge in [0.1, 0.15) is 5.75 Å². The van der Waals surface area contributed by atoms with E-state index in [4.69, 9.17) is 0 Å². The molecule has 120 valence electrons. The summed E-state index contributed by atoms with van der Waals surface area (Å²) >= 11 is 0. The Morgan fingerprint density at radius 2 is 1.36 bits per heavy atom. The first kappa shape index (κ1) is 15.2. The minimum atomic E-state index is 0.254. The molecule has 0 fully saturated rings. The van der Waals surface area contributed by atoms with Crippen molar-refractivity contribution in [2.75, 3.05) is 0 Å². The molecule has 0 saturated carbocycles. The highest BCUT2D eigenvalue weighted by atomic mass is 16.3. The van der Waals surface area contributed by atoms with Gasteiger partial charge in [0.2, 0.25) is 0 Å². The number of rotatable bonds is 3. The summed E-state index contributed by atoms with van der Waals surface area (Å²) in [6, 6.07) is 29.8. The first-order valence-corrected chi connectivity index (χ1v) is 8.22. The van der Waals surface area contributed by atoms with Gasteiger partial charge in [-0.2, -0.15) is 0 Å². The van der Waals surface area contributed by atoms with Crippen molar-refractivity contribution >= 4 is 22.7 Å². The van der Waals surface area contributed by atoms with Gasteiger partial charge < -0.3 is 5.11 Å². The second-order valence-electron chi connectivity index (χ2n) is 5.87. The van der Waals surface area contributed by atoms with Gasteiger partial charge in [-0.05, 0) is 34.5 Å². The Balaban J connectivity index is 1.92. The molecule has 0 aliphatic rings. The van der Waals surface area contributed by atoms with Crippen molar-refractivity contribution in [1.29, 1.82) is 0 Å². The molecule has 0 atom stereocenters. The third kappa shape index (κ3) is 3.02. The zero-order chi connectivity index (χ0) is 17.1. The molecule has 25 heavy (non-hydrogen) atoms. The average Bonchev–Trinajstić information content (AvgIpc) is 2.68. The molecular weight excluding hydrogens is 306 g/mol. The molecule has 0 aliphatic carbocycles. The van der Waals surface area contributed by atoms with E-state index in [9.17, 15) is 5.11 Å². The predicted molar refractivity (Wildman–Crippen MR) is 105 cm³/mol. The summed E-state index contributed by atoms with van der Waals surface area (Å²) < 4.78 is 0. The number of aromatic hydroxyl groups is 1. The van der Waals surface area contributed by atoms with Crippen LogP contribution in [0.25, 0.3) is 21.9 Å². The van der Waals surface area contributed by atoms with Gasteiger partial charge in [-0.25, -0.2) is 0 Å². The number of aliphatic imine (C=N–C) groups is 1. The largest absolute Gasteiger partial charge is 0.507 e. The average molecular weight is 323 g/mol. The molecule has 0 aromatic heterocycles. The molecule has 4 aromatic rings. The van der Waals surface area contributed by atoms with Gasteiger partial charge in [0, 0.05) is 17.3 Å². The number of nitrogens with zero attached hydrogens (tertiary/aromatic N) is 1. The van der Waals surface area contributed by atoms with Gasteiger partial charge in [-0.1, -0.05) is 72.8 Å². The van der Waals surface area contributed by atoms with Gasteiger partial charge in [-0.3, -0.25) is 4.99 Å². The summed E-state index contributed by atoms with van der Waals surface area (Å²) in [7, 11) is 0. The van der Waals surface area contributed by atoms with Gasteiger partial charge >= 0.3 is 0 Å². The predicted octanol–water partition coefficient (Wildman–Crippen LogP) is 5.96. The van der Waals surface area contributed by atoms with Crippen LogP contribution in [0.5, 0.6) is 5.75 Å². The summed E-state index contributed by atoms with van der Waals surface area (Å²) in [6.07, 6.45) is 1.73. The lowest BCUT2D eigenvalue weighted by Gasteiger charge is -2.12. The zero-order valence-corrected chi connectivity index (χ0v) is 13.6. The molecule has 0 bridgehead atoms. The molecule has 0 aliphatic heterocycles. The highest BCUT2D eigenvalue weighted by Crippen LogP contribution is 2.38. The molecule has 0 amide bonds. The quantitative estimate of drug-likeness (QED) is 0.463. The van der Waals surface area contributed by atoms with E-state index in [0.717, 1.165) is 27.6 Å². The van der Waals surface area contributed by atoms with E-state index in [0.29, 0.717) is 5.56 Å². The van der Waals surface area contributed by atoms with Crippen molar-refractivity contribution in [1.82, 2.24) is 0 Å². The van der Waals surface area contributed by atoms with E-state index in [-0.39, 0.29) is 5.75 Å².